The molecule has 0 saturated carbocycles. The van der Waals surface area contributed by atoms with Crippen LogP contribution in [-0.2, 0) is 0 Å². The maximum Gasteiger partial charge on any atom is 0.125 e. The first-order chi connectivity index (χ1) is 10.1. The van der Waals surface area contributed by atoms with E-state index in [0.29, 0.717) is 12.0 Å². The second-order valence-corrected chi connectivity index (χ2v) is 7.15. The van der Waals surface area contributed by atoms with Gasteiger partial charge in [-0.2, -0.15) is 0 Å². The average Bonchev–Trinajstić information content (AvgIpc) is 2.46. The summed E-state index contributed by atoms with van der Waals surface area (Å²) in [5, 5.41) is 3.39. The van der Waals surface area contributed by atoms with Crippen molar-refractivity contribution in [3.05, 3.63) is 23.9 Å². The third kappa shape index (κ3) is 4.99. The molecule has 3 heteroatoms. The lowest BCUT2D eigenvalue weighted by atomic mass is 9.95. The van der Waals surface area contributed by atoms with E-state index >= 15 is 0 Å². The van der Waals surface area contributed by atoms with Gasteiger partial charge in [-0.15, -0.1) is 0 Å². The van der Waals surface area contributed by atoms with E-state index in [-0.39, 0.29) is 0 Å². The molecule has 1 N–H and O–H groups in total. The van der Waals surface area contributed by atoms with Crippen LogP contribution in [0, 0.1) is 11.8 Å². The summed E-state index contributed by atoms with van der Waals surface area (Å²) in [6.07, 6.45) is 6.02. The molecule has 3 nitrogen and oxygen atoms in total. The molecule has 1 atom stereocenters. The average molecular weight is 289 g/mol. The zero-order chi connectivity index (χ0) is 15.2. The van der Waals surface area contributed by atoms with Gasteiger partial charge in [0.15, 0.2) is 0 Å². The van der Waals surface area contributed by atoms with Crippen molar-refractivity contribution in [3.63, 3.8) is 0 Å². The van der Waals surface area contributed by atoms with Crippen LogP contribution in [0.25, 0.3) is 0 Å². The Labute approximate surface area is 130 Å². The molecule has 1 aliphatic heterocycles. The highest BCUT2D eigenvalue weighted by Gasteiger charge is 2.24. The summed E-state index contributed by atoms with van der Waals surface area (Å²) in [5.41, 5.74) is 1.38. The second-order valence-electron chi connectivity index (χ2n) is 7.15. The number of rotatable bonds is 6. The summed E-state index contributed by atoms with van der Waals surface area (Å²) in [5.74, 6) is 2.37. The largest absolute Gasteiger partial charge is 0.370 e. The van der Waals surface area contributed by atoms with E-state index < -0.39 is 0 Å². The van der Waals surface area contributed by atoms with Gasteiger partial charge in [-0.05, 0) is 42.9 Å². The maximum absolute atomic E-state index is 4.60. The van der Waals surface area contributed by atoms with Crippen molar-refractivity contribution in [2.75, 3.05) is 25.0 Å². The van der Waals surface area contributed by atoms with Crippen molar-refractivity contribution >= 4 is 5.82 Å². The summed E-state index contributed by atoms with van der Waals surface area (Å²) in [6.45, 7) is 12.5. The Kier molecular flexibility index (Phi) is 6.04. The number of pyridine rings is 1. The van der Waals surface area contributed by atoms with Crippen LogP contribution in [0.3, 0.4) is 0 Å². The number of piperidine rings is 1. The first kappa shape index (κ1) is 16.3. The fraction of sp³-hybridized carbons (Fsp3) is 0.722. The van der Waals surface area contributed by atoms with E-state index in [2.05, 4.69) is 61.2 Å². The molecule has 0 bridgehead atoms. The number of nitrogens with one attached hydrogen (secondary N) is 1. The lowest BCUT2D eigenvalue weighted by Crippen LogP contribution is -2.36. The van der Waals surface area contributed by atoms with Crippen LogP contribution in [0.15, 0.2) is 18.3 Å². The van der Waals surface area contributed by atoms with E-state index in [4.69, 9.17) is 0 Å². The van der Waals surface area contributed by atoms with Gasteiger partial charge in [0.25, 0.3) is 0 Å². The molecule has 1 aromatic rings. The Balaban J connectivity index is 2.01. The third-order valence-electron chi connectivity index (χ3n) is 4.08. The maximum atomic E-state index is 4.60. The van der Waals surface area contributed by atoms with Crippen LogP contribution >= 0.6 is 0 Å². The number of hydrogen-bond donors (Lipinski definition) is 1. The smallest absolute Gasteiger partial charge is 0.125 e. The van der Waals surface area contributed by atoms with Gasteiger partial charge >= 0.3 is 0 Å². The monoisotopic (exact) mass is 289 g/mol. The lowest BCUT2D eigenvalue weighted by molar-refractivity contribution is 0.132. The number of aromatic nitrogens is 1. The Bertz CT molecular complexity index is 411. The molecule has 1 fully saturated rings. The van der Waals surface area contributed by atoms with Gasteiger partial charge in [0.1, 0.15) is 5.82 Å². The number of anilines is 1. The van der Waals surface area contributed by atoms with Crippen molar-refractivity contribution in [2.45, 2.75) is 53.0 Å². The molecule has 1 aromatic heterocycles. The molecule has 0 aromatic carbocycles. The van der Waals surface area contributed by atoms with Gasteiger partial charge in [-0.3, -0.25) is 4.90 Å². The number of likely N-dealkylation sites (tertiary alicyclic amines) is 1. The molecule has 0 unspecified atom stereocenters. The molecule has 2 heterocycles. The van der Waals surface area contributed by atoms with Gasteiger partial charge in [0, 0.05) is 25.3 Å². The molecule has 1 aliphatic rings. The number of nitrogens with zero attached hydrogens (tertiary/aromatic N) is 2. The van der Waals surface area contributed by atoms with Crippen molar-refractivity contribution in [1.82, 2.24) is 9.88 Å². The van der Waals surface area contributed by atoms with E-state index in [0.717, 1.165) is 18.3 Å². The predicted molar refractivity (Wildman–Crippen MR) is 90.6 cm³/mol. The minimum atomic E-state index is 0.563. The zero-order valence-electron chi connectivity index (χ0n) is 14.1. The van der Waals surface area contributed by atoms with Gasteiger partial charge in [-0.25, -0.2) is 4.98 Å². The van der Waals surface area contributed by atoms with Crippen LogP contribution in [0.5, 0.6) is 0 Å². The van der Waals surface area contributed by atoms with E-state index in [9.17, 15) is 0 Å². The van der Waals surface area contributed by atoms with Crippen molar-refractivity contribution < 1.29 is 0 Å². The van der Waals surface area contributed by atoms with E-state index in [1.165, 1.54) is 37.9 Å². The lowest BCUT2D eigenvalue weighted by Gasteiger charge is -2.37. The first-order valence-corrected chi connectivity index (χ1v) is 8.50. The first-order valence-electron chi connectivity index (χ1n) is 8.50. The Morgan fingerprint density at radius 1 is 1.19 bits per heavy atom. The summed E-state index contributed by atoms with van der Waals surface area (Å²) in [6, 6.07) is 4.96. The van der Waals surface area contributed by atoms with Gasteiger partial charge in [0.05, 0.1) is 0 Å². The van der Waals surface area contributed by atoms with Gasteiger partial charge in [-0.1, -0.05) is 40.2 Å². The molecule has 21 heavy (non-hydrogen) atoms. The molecule has 0 amide bonds. The van der Waals surface area contributed by atoms with Crippen LogP contribution in [-0.4, -0.2) is 29.5 Å². The van der Waals surface area contributed by atoms with E-state index in [1.807, 2.05) is 0 Å². The van der Waals surface area contributed by atoms with Crippen LogP contribution in [0.1, 0.15) is 58.6 Å². The second kappa shape index (κ2) is 7.79. The molecular formula is C18H31N3. The molecule has 1 saturated heterocycles. The zero-order valence-corrected chi connectivity index (χ0v) is 14.1. The van der Waals surface area contributed by atoms with Crippen LogP contribution in [0.2, 0.25) is 0 Å². The molecule has 118 valence electrons. The molecule has 0 spiro atoms. The Morgan fingerprint density at radius 3 is 2.62 bits per heavy atom. The third-order valence-corrected chi connectivity index (χ3v) is 4.08. The fourth-order valence-electron chi connectivity index (χ4n) is 3.07. The minimum Gasteiger partial charge on any atom is -0.370 e. The standard InChI is InChI=1S/C18H31N3/c1-14(2)11-19-18-9-8-16(12-20-18)17-7-5-6-10-21(17)13-15(3)4/h8-9,12,14-15,17H,5-7,10-11,13H2,1-4H3,(H,19,20)/t17-/m1/s1. The van der Waals surface area contributed by atoms with Crippen LogP contribution < -0.4 is 5.32 Å². The van der Waals surface area contributed by atoms with Crippen molar-refractivity contribution in [3.8, 4) is 0 Å². The quantitative estimate of drug-likeness (QED) is 0.844. The predicted octanol–water partition coefficient (Wildman–Crippen LogP) is 4.33. The molecule has 0 radical (unpaired) electrons. The molecular weight excluding hydrogens is 258 g/mol. The highest BCUT2D eigenvalue weighted by atomic mass is 15.2. The van der Waals surface area contributed by atoms with Gasteiger partial charge < -0.3 is 5.32 Å². The van der Waals surface area contributed by atoms with Gasteiger partial charge in [0.2, 0.25) is 0 Å². The number of hydrogen-bond acceptors (Lipinski definition) is 3. The normalized spacial score (nSPS) is 20.2. The van der Waals surface area contributed by atoms with Crippen molar-refractivity contribution in [2.24, 2.45) is 11.8 Å². The van der Waals surface area contributed by atoms with Crippen molar-refractivity contribution in [1.29, 1.82) is 0 Å². The molecule has 0 aliphatic carbocycles. The van der Waals surface area contributed by atoms with Crippen LogP contribution in [0.4, 0.5) is 5.82 Å². The topological polar surface area (TPSA) is 28.2 Å². The highest BCUT2D eigenvalue weighted by Crippen LogP contribution is 2.31. The SMILES string of the molecule is CC(C)CNc1ccc([C@H]2CCCCN2CC(C)C)cn1. The fourth-order valence-corrected chi connectivity index (χ4v) is 3.07. The summed E-state index contributed by atoms with van der Waals surface area (Å²) in [7, 11) is 0. The minimum absolute atomic E-state index is 0.563. The summed E-state index contributed by atoms with van der Waals surface area (Å²) >= 11 is 0. The summed E-state index contributed by atoms with van der Waals surface area (Å²) < 4.78 is 0. The summed E-state index contributed by atoms with van der Waals surface area (Å²) in [4.78, 5) is 7.25. The van der Waals surface area contributed by atoms with E-state index in [1.54, 1.807) is 0 Å². The Morgan fingerprint density at radius 2 is 2.00 bits per heavy atom. The Hall–Kier alpha value is -1.09. The molecule has 2 rings (SSSR count). The highest BCUT2D eigenvalue weighted by molar-refractivity contribution is 5.36.